The summed E-state index contributed by atoms with van der Waals surface area (Å²) in [5.74, 6) is 2.10. The van der Waals surface area contributed by atoms with Gasteiger partial charge in [0, 0.05) is 48.9 Å². The average molecular weight is 458 g/mol. The van der Waals surface area contributed by atoms with Crippen molar-refractivity contribution < 1.29 is 9.53 Å². The molecule has 0 radical (unpaired) electrons. The number of rotatable bonds is 8. The maximum atomic E-state index is 12.6. The van der Waals surface area contributed by atoms with Crippen molar-refractivity contribution in [2.75, 3.05) is 18.8 Å². The third-order valence-corrected chi connectivity index (χ3v) is 7.57. The summed E-state index contributed by atoms with van der Waals surface area (Å²) in [4.78, 5) is 29.1. The summed E-state index contributed by atoms with van der Waals surface area (Å²) in [7, 11) is 0. The lowest BCUT2D eigenvalue weighted by molar-refractivity contribution is 0.131. The van der Waals surface area contributed by atoms with Crippen molar-refractivity contribution in [3.05, 3.63) is 54.6 Å². The van der Waals surface area contributed by atoms with E-state index in [1.165, 1.54) is 5.56 Å². The van der Waals surface area contributed by atoms with Crippen LogP contribution in [0.25, 0.3) is 0 Å². The zero-order valence-electron chi connectivity index (χ0n) is 17.5. The number of aryl methyl sites for hydroxylation is 1. The highest BCUT2D eigenvalue weighted by molar-refractivity contribution is 7.99. The first kappa shape index (κ1) is 21.8. The van der Waals surface area contributed by atoms with Crippen LogP contribution < -0.4 is 4.74 Å². The number of H-pyrrole nitrogens is 2. The van der Waals surface area contributed by atoms with E-state index in [0.717, 1.165) is 48.4 Å². The number of ether oxygens (including phenoxy) is 1. The van der Waals surface area contributed by atoms with Gasteiger partial charge in [-0.15, -0.1) is 0 Å². The van der Waals surface area contributed by atoms with Crippen LogP contribution in [0.3, 0.4) is 0 Å². The quantitative estimate of drug-likeness (QED) is 0.470. The molecule has 1 aliphatic rings. The molecule has 4 rings (SSSR count). The zero-order valence-corrected chi connectivity index (χ0v) is 19.1. The molecule has 0 spiro atoms. The molecule has 7 nitrogen and oxygen atoms in total. The lowest BCUT2D eigenvalue weighted by Crippen LogP contribution is -2.41. The van der Waals surface area contributed by atoms with Crippen LogP contribution in [0.15, 0.2) is 59.4 Å². The van der Waals surface area contributed by atoms with Crippen LogP contribution in [-0.2, 0) is 6.42 Å². The van der Waals surface area contributed by atoms with Crippen LogP contribution in [0, 0.1) is 5.92 Å². The van der Waals surface area contributed by atoms with Gasteiger partial charge in [-0.05, 0) is 42.9 Å². The van der Waals surface area contributed by atoms with E-state index in [2.05, 4.69) is 26.9 Å². The Bertz CT molecular complexity index is 923. The molecule has 1 aromatic carbocycles. The van der Waals surface area contributed by atoms with Crippen LogP contribution >= 0.6 is 23.5 Å². The first-order valence-electron chi connectivity index (χ1n) is 10.5. The minimum absolute atomic E-state index is 0.258. The Morgan fingerprint density at radius 2 is 1.81 bits per heavy atom. The van der Waals surface area contributed by atoms with Crippen LogP contribution in [-0.4, -0.2) is 55.0 Å². The van der Waals surface area contributed by atoms with Gasteiger partial charge in [-0.2, -0.15) is 0 Å². The Morgan fingerprint density at radius 3 is 2.45 bits per heavy atom. The first-order valence-corrected chi connectivity index (χ1v) is 12.4. The molecular formula is C22H27N5O2S2. The number of aromatic nitrogens is 4. The number of hydrogen-bond acceptors (Lipinski definition) is 6. The molecule has 1 unspecified atom stereocenters. The van der Waals surface area contributed by atoms with Gasteiger partial charge >= 0.3 is 6.09 Å². The lowest BCUT2D eigenvalue weighted by atomic mass is 9.94. The maximum absolute atomic E-state index is 12.6. The lowest BCUT2D eigenvalue weighted by Gasteiger charge is -2.33. The Labute approximate surface area is 190 Å². The average Bonchev–Trinajstić information content (AvgIpc) is 3.49. The van der Waals surface area contributed by atoms with Gasteiger partial charge in [-0.25, -0.2) is 14.8 Å². The van der Waals surface area contributed by atoms with Crippen molar-refractivity contribution in [1.82, 2.24) is 24.8 Å². The second kappa shape index (κ2) is 10.8. The molecule has 1 aliphatic heterocycles. The normalized spacial score (nSPS) is 15.7. The summed E-state index contributed by atoms with van der Waals surface area (Å²) in [6, 6.07) is 7.79. The second-order valence-electron chi connectivity index (χ2n) is 7.55. The second-order valence-corrected chi connectivity index (χ2v) is 10.00. The molecule has 1 saturated heterocycles. The minimum atomic E-state index is -0.258. The van der Waals surface area contributed by atoms with Gasteiger partial charge in [0.2, 0.25) is 0 Å². The van der Waals surface area contributed by atoms with Crippen molar-refractivity contribution in [2.45, 2.75) is 41.7 Å². The number of nitrogens with one attached hydrogen (secondary N) is 2. The first-order chi connectivity index (χ1) is 15.2. The molecule has 3 aromatic rings. The molecule has 0 aliphatic carbocycles. The summed E-state index contributed by atoms with van der Waals surface area (Å²) in [6.45, 7) is 3.70. The highest BCUT2D eigenvalue weighted by Crippen LogP contribution is 2.32. The predicted octanol–water partition coefficient (Wildman–Crippen LogP) is 4.86. The fourth-order valence-electron chi connectivity index (χ4n) is 3.62. The van der Waals surface area contributed by atoms with Crippen molar-refractivity contribution >= 4 is 29.6 Å². The Balaban J connectivity index is 1.19. The summed E-state index contributed by atoms with van der Waals surface area (Å²) in [6.07, 6.45) is 9.85. The summed E-state index contributed by atoms with van der Waals surface area (Å²) in [5, 5.41) is 2.35. The molecular weight excluding hydrogens is 430 g/mol. The number of hydrogen-bond donors (Lipinski definition) is 2. The number of aromatic amines is 2. The molecule has 2 N–H and O–H groups in total. The molecule has 31 heavy (non-hydrogen) atoms. The van der Waals surface area contributed by atoms with E-state index in [0.29, 0.717) is 16.9 Å². The van der Waals surface area contributed by atoms with Gasteiger partial charge in [0.1, 0.15) is 5.75 Å². The standard InChI is InChI=1S/C22H27N5O2S2/c1-16(31-21-25-11-12-26-21)18-6-13-27(14-7-18)22(28)29-19-4-2-17(3-5-19)8-15-30-20-23-9-10-24-20/h2-5,9-12,16,18H,6-8,13-15H2,1H3,(H,23,24)(H,25,26). The molecule has 164 valence electrons. The highest BCUT2D eigenvalue weighted by atomic mass is 32.2. The van der Waals surface area contributed by atoms with Crippen LogP contribution in [0.5, 0.6) is 5.75 Å². The number of nitrogens with zero attached hydrogens (tertiary/aromatic N) is 3. The molecule has 0 saturated carbocycles. The van der Waals surface area contributed by atoms with E-state index >= 15 is 0 Å². The van der Waals surface area contributed by atoms with Crippen molar-refractivity contribution in [3.8, 4) is 5.75 Å². The summed E-state index contributed by atoms with van der Waals surface area (Å²) in [5.41, 5.74) is 1.21. The summed E-state index contributed by atoms with van der Waals surface area (Å²) < 4.78 is 5.60. The van der Waals surface area contributed by atoms with Gasteiger partial charge in [0.15, 0.2) is 10.3 Å². The molecule has 1 atom stereocenters. The summed E-state index contributed by atoms with van der Waals surface area (Å²) >= 11 is 3.46. The molecule has 3 heterocycles. The fraction of sp³-hybridized carbons (Fsp3) is 0.409. The Kier molecular flexibility index (Phi) is 7.58. The van der Waals surface area contributed by atoms with E-state index < -0.39 is 0 Å². The number of likely N-dealkylation sites (tertiary alicyclic amines) is 1. The monoisotopic (exact) mass is 457 g/mol. The van der Waals surface area contributed by atoms with Gasteiger partial charge in [0.05, 0.1) is 0 Å². The van der Waals surface area contributed by atoms with E-state index in [1.807, 2.05) is 41.6 Å². The molecule has 0 bridgehead atoms. The molecule has 9 heteroatoms. The van der Waals surface area contributed by atoms with Gasteiger partial charge in [-0.1, -0.05) is 42.6 Å². The van der Waals surface area contributed by atoms with Crippen LogP contribution in [0.4, 0.5) is 4.79 Å². The molecule has 1 fully saturated rings. The Hall–Kier alpha value is -2.39. The van der Waals surface area contributed by atoms with E-state index in [4.69, 9.17) is 4.74 Å². The highest BCUT2D eigenvalue weighted by Gasteiger charge is 2.28. The molecule has 1 amide bonds. The number of thioether (sulfide) groups is 2. The third kappa shape index (κ3) is 6.30. The number of amides is 1. The van der Waals surface area contributed by atoms with Crippen molar-refractivity contribution in [3.63, 3.8) is 0 Å². The van der Waals surface area contributed by atoms with Crippen molar-refractivity contribution in [2.24, 2.45) is 5.92 Å². The van der Waals surface area contributed by atoms with Gasteiger partial charge < -0.3 is 19.6 Å². The third-order valence-electron chi connectivity index (χ3n) is 5.46. The predicted molar refractivity (Wildman–Crippen MR) is 124 cm³/mol. The van der Waals surface area contributed by atoms with Crippen molar-refractivity contribution in [1.29, 1.82) is 0 Å². The van der Waals surface area contributed by atoms with Crippen LogP contribution in [0.2, 0.25) is 0 Å². The SMILES string of the molecule is CC(Sc1ncc[nH]1)C1CCN(C(=O)Oc2ccc(CCSc3ncc[nH]3)cc2)CC1. The van der Waals surface area contributed by atoms with E-state index in [-0.39, 0.29) is 6.09 Å². The number of carbonyl (C=O) groups is 1. The van der Waals surface area contributed by atoms with Gasteiger partial charge in [-0.3, -0.25) is 0 Å². The largest absolute Gasteiger partial charge is 0.415 e. The van der Waals surface area contributed by atoms with Crippen LogP contribution in [0.1, 0.15) is 25.3 Å². The van der Waals surface area contributed by atoms with Gasteiger partial charge in [0.25, 0.3) is 0 Å². The number of imidazole rings is 2. The van der Waals surface area contributed by atoms with E-state index in [9.17, 15) is 4.79 Å². The Morgan fingerprint density at radius 1 is 1.13 bits per heavy atom. The fourth-order valence-corrected chi connectivity index (χ4v) is 5.52. The minimum Gasteiger partial charge on any atom is -0.410 e. The number of carbonyl (C=O) groups excluding carboxylic acids is 1. The zero-order chi connectivity index (χ0) is 21.5. The smallest absolute Gasteiger partial charge is 0.410 e. The number of piperidine rings is 1. The maximum Gasteiger partial charge on any atom is 0.415 e. The molecule has 2 aromatic heterocycles. The number of benzene rings is 1. The van der Waals surface area contributed by atoms with E-state index in [1.54, 1.807) is 35.9 Å². The topological polar surface area (TPSA) is 86.9 Å².